The summed E-state index contributed by atoms with van der Waals surface area (Å²) in [6.07, 6.45) is 9.83. The largest absolute Gasteiger partial charge is 0.409 e. The lowest BCUT2D eigenvalue weighted by molar-refractivity contribution is 0.318. The van der Waals surface area contributed by atoms with E-state index in [1.807, 2.05) is 12.1 Å². The van der Waals surface area contributed by atoms with Crippen molar-refractivity contribution in [2.45, 2.75) is 45.1 Å². The van der Waals surface area contributed by atoms with Crippen LogP contribution in [-0.2, 0) is 6.54 Å². The van der Waals surface area contributed by atoms with E-state index in [0.29, 0.717) is 12.2 Å². The Hall–Kier alpha value is -1.62. The van der Waals surface area contributed by atoms with Crippen LogP contribution in [0.4, 0.5) is 0 Å². The van der Waals surface area contributed by atoms with Gasteiger partial charge in [-0.3, -0.25) is 4.98 Å². The summed E-state index contributed by atoms with van der Waals surface area (Å²) in [5.74, 6) is 0.948. The first-order valence-electron chi connectivity index (χ1n) is 7.43. The zero-order valence-corrected chi connectivity index (χ0v) is 11.9. The highest BCUT2D eigenvalue weighted by Crippen LogP contribution is 2.25. The predicted molar refractivity (Wildman–Crippen MR) is 79.6 cm³/mol. The molecule has 1 aliphatic rings. The Morgan fingerprint density at radius 2 is 2.20 bits per heavy atom. The van der Waals surface area contributed by atoms with Gasteiger partial charge < -0.3 is 16.3 Å². The minimum atomic E-state index is 0.0645. The first-order valence-corrected chi connectivity index (χ1v) is 7.43. The Bertz CT molecular complexity index is 441. The van der Waals surface area contributed by atoms with E-state index in [1.54, 1.807) is 6.20 Å². The smallest absolute Gasteiger partial charge is 0.189 e. The maximum absolute atomic E-state index is 8.76. The molecule has 2 rings (SSSR count). The molecule has 1 aliphatic carbocycles. The van der Waals surface area contributed by atoms with Crippen LogP contribution in [0.2, 0.25) is 0 Å². The van der Waals surface area contributed by atoms with Crippen molar-refractivity contribution in [2.75, 3.05) is 6.54 Å². The summed E-state index contributed by atoms with van der Waals surface area (Å²) in [6, 6.07) is 3.82. The van der Waals surface area contributed by atoms with Crippen molar-refractivity contribution < 1.29 is 5.21 Å². The van der Waals surface area contributed by atoms with Crippen LogP contribution in [0.25, 0.3) is 0 Å². The number of aromatic nitrogens is 1. The number of pyridine rings is 1. The molecule has 1 fully saturated rings. The second-order valence-corrected chi connectivity index (χ2v) is 5.47. The monoisotopic (exact) mass is 276 g/mol. The van der Waals surface area contributed by atoms with Crippen LogP contribution in [0.1, 0.15) is 49.8 Å². The molecule has 0 aliphatic heterocycles. The van der Waals surface area contributed by atoms with Gasteiger partial charge in [-0.15, -0.1) is 0 Å². The lowest BCUT2D eigenvalue weighted by atomic mass is 9.87. The molecule has 0 radical (unpaired) electrons. The zero-order chi connectivity index (χ0) is 14.2. The van der Waals surface area contributed by atoms with Gasteiger partial charge in [0.15, 0.2) is 5.84 Å². The van der Waals surface area contributed by atoms with Gasteiger partial charge in [0.1, 0.15) is 5.69 Å². The summed E-state index contributed by atoms with van der Waals surface area (Å²) in [4.78, 5) is 4.16. The van der Waals surface area contributed by atoms with Crippen molar-refractivity contribution in [3.05, 3.63) is 29.6 Å². The van der Waals surface area contributed by atoms with Crippen LogP contribution in [0.3, 0.4) is 0 Å². The molecule has 5 nitrogen and oxygen atoms in total. The van der Waals surface area contributed by atoms with Crippen molar-refractivity contribution in [1.29, 1.82) is 0 Å². The number of hydrogen-bond donors (Lipinski definition) is 3. The highest BCUT2D eigenvalue weighted by atomic mass is 16.4. The van der Waals surface area contributed by atoms with Crippen molar-refractivity contribution in [2.24, 2.45) is 16.8 Å². The van der Waals surface area contributed by atoms with Gasteiger partial charge in [-0.05, 0) is 30.5 Å². The van der Waals surface area contributed by atoms with E-state index in [-0.39, 0.29) is 5.84 Å². The van der Waals surface area contributed by atoms with Gasteiger partial charge >= 0.3 is 0 Å². The Labute approximate surface area is 120 Å². The van der Waals surface area contributed by atoms with E-state index in [0.717, 1.165) is 18.0 Å². The van der Waals surface area contributed by atoms with Crippen LogP contribution < -0.4 is 11.1 Å². The molecule has 20 heavy (non-hydrogen) atoms. The highest BCUT2D eigenvalue weighted by molar-refractivity contribution is 5.96. The van der Waals surface area contributed by atoms with E-state index in [4.69, 9.17) is 10.9 Å². The average molecular weight is 276 g/mol. The molecule has 110 valence electrons. The van der Waals surface area contributed by atoms with Crippen molar-refractivity contribution in [1.82, 2.24) is 10.3 Å². The predicted octanol–water partition coefficient (Wildman–Crippen LogP) is 2.24. The molecule has 0 saturated heterocycles. The van der Waals surface area contributed by atoms with E-state index >= 15 is 0 Å². The second kappa shape index (κ2) is 7.85. The Kier molecular flexibility index (Phi) is 5.80. The maximum atomic E-state index is 8.76. The van der Waals surface area contributed by atoms with Crippen molar-refractivity contribution >= 4 is 5.84 Å². The van der Waals surface area contributed by atoms with Crippen LogP contribution in [-0.4, -0.2) is 22.6 Å². The normalized spacial score (nSPS) is 17.3. The number of hydrogen-bond acceptors (Lipinski definition) is 4. The second-order valence-electron chi connectivity index (χ2n) is 5.47. The average Bonchev–Trinajstić information content (AvgIpc) is 2.52. The molecule has 0 unspecified atom stereocenters. The van der Waals surface area contributed by atoms with E-state index in [2.05, 4.69) is 15.5 Å². The van der Waals surface area contributed by atoms with Gasteiger partial charge in [0.05, 0.1) is 0 Å². The fraction of sp³-hybridized carbons (Fsp3) is 0.600. The third kappa shape index (κ3) is 4.20. The summed E-state index contributed by atoms with van der Waals surface area (Å²) in [7, 11) is 0. The van der Waals surface area contributed by atoms with E-state index in [1.165, 1.54) is 38.5 Å². The third-order valence-electron chi connectivity index (χ3n) is 4.01. The topological polar surface area (TPSA) is 83.5 Å². The lowest BCUT2D eigenvalue weighted by Gasteiger charge is -2.21. The molecule has 0 bridgehead atoms. The summed E-state index contributed by atoms with van der Waals surface area (Å²) in [6.45, 7) is 1.71. The number of rotatable bonds is 6. The number of nitrogens with zero attached hydrogens (tertiary/aromatic N) is 2. The van der Waals surface area contributed by atoms with Crippen LogP contribution in [0, 0.1) is 5.92 Å². The summed E-state index contributed by atoms with van der Waals surface area (Å²) in [5.41, 5.74) is 7.15. The third-order valence-corrected chi connectivity index (χ3v) is 4.01. The van der Waals surface area contributed by atoms with E-state index < -0.39 is 0 Å². The standard InChI is InChI=1S/C15H24N4O/c16-15(19-20)14-13(7-4-9-18-14)11-17-10-8-12-5-2-1-3-6-12/h4,7,9,12,17,20H,1-3,5-6,8,10-11H2,(H2,16,19). The van der Waals surface area contributed by atoms with Gasteiger partial charge in [0.2, 0.25) is 0 Å². The summed E-state index contributed by atoms with van der Waals surface area (Å²) < 4.78 is 0. The maximum Gasteiger partial charge on any atom is 0.189 e. The first kappa shape index (κ1) is 14.8. The summed E-state index contributed by atoms with van der Waals surface area (Å²) >= 11 is 0. The fourth-order valence-corrected chi connectivity index (χ4v) is 2.86. The molecule has 1 heterocycles. The number of nitrogens with two attached hydrogens (primary N) is 1. The summed E-state index contributed by atoms with van der Waals surface area (Å²) in [5, 5.41) is 15.2. The molecule has 5 heteroatoms. The molecular weight excluding hydrogens is 252 g/mol. The Balaban J connectivity index is 1.79. The highest BCUT2D eigenvalue weighted by Gasteiger charge is 2.13. The van der Waals surface area contributed by atoms with Gasteiger partial charge in [-0.2, -0.15) is 0 Å². The molecule has 0 atom stereocenters. The quantitative estimate of drug-likeness (QED) is 0.245. The molecule has 1 aromatic rings. The minimum absolute atomic E-state index is 0.0645. The van der Waals surface area contributed by atoms with Crippen molar-refractivity contribution in [3.8, 4) is 0 Å². The number of oxime groups is 1. The Morgan fingerprint density at radius 3 is 2.95 bits per heavy atom. The van der Waals surface area contributed by atoms with Gasteiger partial charge in [0.25, 0.3) is 0 Å². The molecule has 4 N–H and O–H groups in total. The zero-order valence-electron chi connectivity index (χ0n) is 11.9. The SMILES string of the molecule is NC(=NO)c1ncccc1CNCCC1CCCCC1. The fourth-order valence-electron chi connectivity index (χ4n) is 2.86. The van der Waals surface area contributed by atoms with Gasteiger partial charge in [-0.25, -0.2) is 0 Å². The molecule has 0 spiro atoms. The minimum Gasteiger partial charge on any atom is -0.409 e. The van der Waals surface area contributed by atoms with Crippen LogP contribution in [0.5, 0.6) is 0 Å². The molecule has 0 aromatic carbocycles. The van der Waals surface area contributed by atoms with Gasteiger partial charge in [0, 0.05) is 12.7 Å². The van der Waals surface area contributed by atoms with Crippen LogP contribution >= 0.6 is 0 Å². The van der Waals surface area contributed by atoms with Crippen molar-refractivity contribution in [3.63, 3.8) is 0 Å². The van der Waals surface area contributed by atoms with E-state index in [9.17, 15) is 0 Å². The molecule has 1 saturated carbocycles. The molecule has 1 aromatic heterocycles. The van der Waals surface area contributed by atoms with Crippen LogP contribution in [0.15, 0.2) is 23.5 Å². The molecule has 0 amide bonds. The van der Waals surface area contributed by atoms with Gasteiger partial charge in [-0.1, -0.05) is 43.3 Å². The first-order chi connectivity index (χ1) is 9.81. The lowest BCUT2D eigenvalue weighted by Crippen LogP contribution is -2.23. The number of amidine groups is 1. The Morgan fingerprint density at radius 1 is 1.40 bits per heavy atom. The number of nitrogens with one attached hydrogen (secondary N) is 1. The molecular formula is C15H24N4O.